The third-order valence-corrected chi connectivity index (χ3v) is 3.95. The summed E-state index contributed by atoms with van der Waals surface area (Å²) in [6.45, 7) is 3.65. The molecule has 0 fully saturated rings. The van der Waals surface area contributed by atoms with E-state index in [0.717, 1.165) is 0 Å². The molecule has 0 spiro atoms. The number of ether oxygens (including phenoxy) is 1. The number of hydrogen-bond acceptors (Lipinski definition) is 5. The largest absolute Gasteiger partial charge is 0.464 e. The smallest absolute Gasteiger partial charge is 0.336 e. The van der Waals surface area contributed by atoms with Crippen LogP contribution in [-0.2, 0) is 14.3 Å². The molecule has 2 heterocycles. The van der Waals surface area contributed by atoms with Gasteiger partial charge in [-0.2, -0.15) is 0 Å². The van der Waals surface area contributed by atoms with Gasteiger partial charge in [0, 0.05) is 11.9 Å². The predicted octanol–water partition coefficient (Wildman–Crippen LogP) is 2.75. The number of esters is 1. The van der Waals surface area contributed by atoms with Gasteiger partial charge in [-0.3, -0.25) is 9.69 Å². The summed E-state index contributed by atoms with van der Waals surface area (Å²) in [5.74, 6) is -0.263. The van der Waals surface area contributed by atoms with E-state index in [4.69, 9.17) is 4.74 Å². The van der Waals surface area contributed by atoms with Crippen molar-refractivity contribution in [2.24, 2.45) is 0 Å². The standard InChI is InChI=1S/C19H19N3O3/c1-3-25-18(24)19(2)13-15(21-16-11-7-8-12-20-16)17(23)22(19)14-9-5-4-6-10-14/h4-13H,3H2,1-2H3,(H,20,21)/t19-/m0/s1. The second-order valence-electron chi connectivity index (χ2n) is 5.74. The van der Waals surface area contributed by atoms with Crippen molar-refractivity contribution >= 4 is 23.4 Å². The van der Waals surface area contributed by atoms with E-state index in [2.05, 4.69) is 10.3 Å². The van der Waals surface area contributed by atoms with Crippen LogP contribution in [-0.4, -0.2) is 29.0 Å². The Morgan fingerprint density at radius 1 is 1.20 bits per heavy atom. The number of para-hydroxylation sites is 1. The number of rotatable bonds is 5. The lowest BCUT2D eigenvalue weighted by Crippen LogP contribution is -2.51. The highest BCUT2D eigenvalue weighted by molar-refractivity contribution is 6.16. The Kier molecular flexibility index (Phi) is 4.52. The highest BCUT2D eigenvalue weighted by atomic mass is 16.5. The fraction of sp³-hybridized carbons (Fsp3) is 0.211. The van der Waals surface area contributed by atoms with E-state index < -0.39 is 11.5 Å². The second kappa shape index (κ2) is 6.76. The number of benzene rings is 1. The Bertz CT molecular complexity index is 805. The third kappa shape index (κ3) is 3.10. The van der Waals surface area contributed by atoms with Crippen LogP contribution in [0.4, 0.5) is 11.5 Å². The van der Waals surface area contributed by atoms with Crippen molar-refractivity contribution in [3.05, 3.63) is 66.5 Å². The fourth-order valence-electron chi connectivity index (χ4n) is 2.79. The highest BCUT2D eigenvalue weighted by Gasteiger charge is 2.49. The van der Waals surface area contributed by atoms with Crippen LogP contribution in [0.25, 0.3) is 0 Å². The molecule has 0 bridgehead atoms. The summed E-state index contributed by atoms with van der Waals surface area (Å²) in [6.07, 6.45) is 3.22. The number of aromatic nitrogens is 1. The second-order valence-corrected chi connectivity index (χ2v) is 5.74. The fourth-order valence-corrected chi connectivity index (χ4v) is 2.79. The molecule has 2 aromatic rings. The minimum absolute atomic E-state index is 0.238. The van der Waals surface area contributed by atoms with Crippen molar-refractivity contribution in [3.63, 3.8) is 0 Å². The van der Waals surface area contributed by atoms with Gasteiger partial charge in [-0.25, -0.2) is 9.78 Å². The number of nitrogens with one attached hydrogen (secondary N) is 1. The molecule has 0 saturated carbocycles. The molecule has 6 heteroatoms. The van der Waals surface area contributed by atoms with Gasteiger partial charge in [0.15, 0.2) is 5.54 Å². The van der Waals surface area contributed by atoms with E-state index >= 15 is 0 Å². The molecule has 3 rings (SSSR count). The summed E-state index contributed by atoms with van der Waals surface area (Å²) in [7, 11) is 0. The maximum atomic E-state index is 13.0. The van der Waals surface area contributed by atoms with Crippen molar-refractivity contribution in [1.29, 1.82) is 0 Å². The molecule has 1 aliphatic rings. The van der Waals surface area contributed by atoms with Gasteiger partial charge in [-0.05, 0) is 44.2 Å². The van der Waals surface area contributed by atoms with E-state index in [-0.39, 0.29) is 18.2 Å². The summed E-state index contributed by atoms with van der Waals surface area (Å²) in [5.41, 5.74) is -0.318. The number of hydrogen-bond donors (Lipinski definition) is 1. The Morgan fingerprint density at radius 3 is 2.56 bits per heavy atom. The van der Waals surface area contributed by atoms with Crippen molar-refractivity contribution in [2.75, 3.05) is 16.8 Å². The van der Waals surface area contributed by atoms with E-state index in [9.17, 15) is 9.59 Å². The highest BCUT2D eigenvalue weighted by Crippen LogP contribution is 2.34. The lowest BCUT2D eigenvalue weighted by Gasteiger charge is -2.32. The topological polar surface area (TPSA) is 71.5 Å². The quantitative estimate of drug-likeness (QED) is 0.850. The van der Waals surface area contributed by atoms with Crippen LogP contribution < -0.4 is 10.2 Å². The molecule has 1 atom stereocenters. The van der Waals surface area contributed by atoms with Crippen molar-refractivity contribution < 1.29 is 14.3 Å². The van der Waals surface area contributed by atoms with Crippen molar-refractivity contribution in [3.8, 4) is 0 Å². The predicted molar refractivity (Wildman–Crippen MR) is 94.9 cm³/mol. The molecule has 6 nitrogen and oxygen atoms in total. The molecular formula is C19H19N3O3. The maximum Gasteiger partial charge on any atom is 0.336 e. The Hall–Kier alpha value is -3.15. The molecule has 1 N–H and O–H groups in total. The van der Waals surface area contributed by atoms with E-state index in [1.807, 2.05) is 24.3 Å². The summed E-state index contributed by atoms with van der Waals surface area (Å²) < 4.78 is 5.21. The van der Waals surface area contributed by atoms with Crippen LogP contribution in [0.1, 0.15) is 13.8 Å². The summed E-state index contributed by atoms with van der Waals surface area (Å²) in [6, 6.07) is 14.4. The molecule has 1 aromatic carbocycles. The molecule has 1 amide bonds. The Morgan fingerprint density at radius 2 is 1.92 bits per heavy atom. The molecule has 1 aliphatic heterocycles. The monoisotopic (exact) mass is 337 g/mol. The molecule has 0 unspecified atom stereocenters. The molecule has 0 saturated heterocycles. The molecule has 128 valence electrons. The molecule has 25 heavy (non-hydrogen) atoms. The van der Waals surface area contributed by atoms with Gasteiger partial charge < -0.3 is 10.1 Å². The van der Waals surface area contributed by atoms with Gasteiger partial charge in [-0.15, -0.1) is 0 Å². The first kappa shape index (κ1) is 16.7. The first-order chi connectivity index (χ1) is 12.1. The van der Waals surface area contributed by atoms with Crippen LogP contribution in [0.5, 0.6) is 0 Å². The van der Waals surface area contributed by atoms with Crippen LogP contribution in [0, 0.1) is 0 Å². The summed E-state index contributed by atoms with van der Waals surface area (Å²) in [4.78, 5) is 31.2. The molecule has 0 aliphatic carbocycles. The van der Waals surface area contributed by atoms with Gasteiger partial charge in [0.1, 0.15) is 11.5 Å². The lowest BCUT2D eigenvalue weighted by atomic mass is 10.0. The first-order valence-electron chi connectivity index (χ1n) is 8.04. The molecular weight excluding hydrogens is 318 g/mol. The van der Waals surface area contributed by atoms with Crippen molar-refractivity contribution in [1.82, 2.24) is 4.98 Å². The van der Waals surface area contributed by atoms with Gasteiger partial charge in [0.05, 0.1) is 6.61 Å². The number of anilines is 2. The molecule has 0 radical (unpaired) electrons. The number of pyridine rings is 1. The van der Waals surface area contributed by atoms with Crippen LogP contribution in [0.15, 0.2) is 66.5 Å². The van der Waals surface area contributed by atoms with Crippen molar-refractivity contribution in [2.45, 2.75) is 19.4 Å². The van der Waals surface area contributed by atoms with Gasteiger partial charge >= 0.3 is 5.97 Å². The van der Waals surface area contributed by atoms with Crippen LogP contribution in [0.3, 0.4) is 0 Å². The van der Waals surface area contributed by atoms with Crippen LogP contribution >= 0.6 is 0 Å². The molecule has 1 aromatic heterocycles. The lowest BCUT2D eigenvalue weighted by molar-refractivity contribution is -0.147. The zero-order valence-corrected chi connectivity index (χ0v) is 14.1. The zero-order chi connectivity index (χ0) is 17.9. The number of carbonyl (C=O) groups excluding carboxylic acids is 2. The summed E-state index contributed by atoms with van der Waals surface area (Å²) in [5, 5.41) is 2.99. The number of nitrogens with zero attached hydrogens (tertiary/aromatic N) is 2. The van der Waals surface area contributed by atoms with Gasteiger partial charge in [0.2, 0.25) is 0 Å². The van der Waals surface area contributed by atoms with E-state index in [0.29, 0.717) is 11.5 Å². The number of amides is 1. The van der Waals surface area contributed by atoms with E-state index in [1.54, 1.807) is 50.4 Å². The normalized spacial score (nSPS) is 19.5. The number of carbonyl (C=O) groups is 2. The van der Waals surface area contributed by atoms with Gasteiger partial charge in [-0.1, -0.05) is 24.3 Å². The minimum atomic E-state index is -1.23. The average molecular weight is 337 g/mol. The maximum absolute atomic E-state index is 13.0. The minimum Gasteiger partial charge on any atom is -0.464 e. The first-order valence-corrected chi connectivity index (χ1v) is 8.04. The van der Waals surface area contributed by atoms with E-state index in [1.165, 1.54) is 4.90 Å². The Balaban J connectivity index is 2.00. The Labute approximate surface area is 146 Å². The average Bonchev–Trinajstić information content (AvgIpc) is 2.88. The summed E-state index contributed by atoms with van der Waals surface area (Å²) >= 11 is 0. The SMILES string of the molecule is CCOC(=O)[C@]1(C)C=C(Nc2ccccn2)C(=O)N1c1ccccc1. The third-order valence-electron chi connectivity index (χ3n) is 3.95. The van der Waals surface area contributed by atoms with Gasteiger partial charge in [0.25, 0.3) is 5.91 Å². The van der Waals surface area contributed by atoms with Crippen LogP contribution in [0.2, 0.25) is 0 Å². The zero-order valence-electron chi connectivity index (χ0n) is 14.1.